The summed E-state index contributed by atoms with van der Waals surface area (Å²) >= 11 is 4.97. The minimum absolute atomic E-state index is 0.173. The summed E-state index contributed by atoms with van der Waals surface area (Å²) in [5.74, 6) is -0.582. The van der Waals surface area contributed by atoms with Crippen LogP contribution in [-0.2, 0) is 0 Å². The van der Waals surface area contributed by atoms with E-state index < -0.39 is 6.04 Å². The lowest BCUT2D eigenvalue weighted by Gasteiger charge is -2.23. The van der Waals surface area contributed by atoms with Crippen molar-refractivity contribution < 1.29 is 9.59 Å². The Hall–Kier alpha value is -1.75. The average Bonchev–Trinajstić information content (AvgIpc) is 2.60. The molecule has 0 aromatic heterocycles. The average molecular weight is 276 g/mol. The van der Waals surface area contributed by atoms with Crippen LogP contribution < -0.4 is 5.73 Å². The highest BCUT2D eigenvalue weighted by Gasteiger charge is 2.42. The topological polar surface area (TPSA) is 63.4 Å². The minimum atomic E-state index is -0.513. The van der Waals surface area contributed by atoms with E-state index in [4.69, 9.17) is 18.0 Å². The van der Waals surface area contributed by atoms with Gasteiger partial charge >= 0.3 is 0 Å². The number of thiocarbonyl (C=S) groups is 1. The van der Waals surface area contributed by atoms with E-state index in [2.05, 4.69) is 0 Å². The van der Waals surface area contributed by atoms with E-state index in [0.717, 1.165) is 11.1 Å². The lowest BCUT2D eigenvalue weighted by atomic mass is 9.99. The molecule has 1 unspecified atom stereocenters. The highest BCUT2D eigenvalue weighted by atomic mass is 32.1. The number of benzene rings is 1. The minimum Gasteiger partial charge on any atom is -0.392 e. The van der Waals surface area contributed by atoms with Crippen molar-refractivity contribution in [1.82, 2.24) is 4.90 Å². The van der Waals surface area contributed by atoms with Gasteiger partial charge in [0.05, 0.1) is 22.2 Å². The van der Waals surface area contributed by atoms with Gasteiger partial charge in [0.25, 0.3) is 11.8 Å². The Bertz CT molecular complexity index is 554. The molecule has 0 saturated heterocycles. The number of aryl methyl sites for hydroxylation is 2. The molecule has 0 fully saturated rings. The number of fused-ring (bicyclic) bond motifs is 1. The van der Waals surface area contributed by atoms with Gasteiger partial charge in [0, 0.05) is 0 Å². The second-order valence-electron chi connectivity index (χ2n) is 4.76. The quantitative estimate of drug-likeness (QED) is 0.677. The molecule has 0 spiro atoms. The Labute approximate surface area is 117 Å². The summed E-state index contributed by atoms with van der Waals surface area (Å²) in [4.78, 5) is 26.3. The SMILES string of the molecule is CCC(C(N)=S)N1C(=O)c2c(C)ccc(C)c2C1=O. The number of hydrogen-bond acceptors (Lipinski definition) is 3. The Morgan fingerprint density at radius 3 is 1.95 bits per heavy atom. The maximum atomic E-state index is 12.5. The number of imide groups is 1. The predicted octanol–water partition coefficient (Wildman–Crippen LogP) is 1.96. The summed E-state index contributed by atoms with van der Waals surface area (Å²) in [6.45, 7) is 5.51. The van der Waals surface area contributed by atoms with Gasteiger partial charge in [0.15, 0.2) is 0 Å². The third-order valence-corrected chi connectivity index (χ3v) is 3.79. The van der Waals surface area contributed by atoms with Crippen molar-refractivity contribution in [2.45, 2.75) is 33.2 Å². The predicted molar refractivity (Wildman–Crippen MR) is 77.3 cm³/mol. The van der Waals surface area contributed by atoms with Crippen LogP contribution in [0.5, 0.6) is 0 Å². The van der Waals surface area contributed by atoms with E-state index in [1.54, 1.807) is 0 Å². The van der Waals surface area contributed by atoms with E-state index >= 15 is 0 Å². The van der Waals surface area contributed by atoms with Crippen molar-refractivity contribution in [2.24, 2.45) is 5.73 Å². The fraction of sp³-hybridized carbons (Fsp3) is 0.357. The van der Waals surface area contributed by atoms with Crippen molar-refractivity contribution in [1.29, 1.82) is 0 Å². The Balaban J connectivity index is 2.59. The van der Waals surface area contributed by atoms with Crippen LogP contribution in [-0.4, -0.2) is 27.7 Å². The molecule has 0 radical (unpaired) electrons. The molecule has 0 bridgehead atoms. The number of amides is 2. The highest BCUT2D eigenvalue weighted by Crippen LogP contribution is 2.30. The summed E-state index contributed by atoms with van der Waals surface area (Å²) in [7, 11) is 0. The number of hydrogen-bond donors (Lipinski definition) is 1. The van der Waals surface area contributed by atoms with Gasteiger partial charge in [-0.3, -0.25) is 14.5 Å². The maximum absolute atomic E-state index is 12.5. The second-order valence-corrected chi connectivity index (χ2v) is 5.23. The van der Waals surface area contributed by atoms with Crippen LogP contribution in [0.3, 0.4) is 0 Å². The summed E-state index contributed by atoms with van der Waals surface area (Å²) in [6.07, 6.45) is 0.527. The third kappa shape index (κ3) is 1.94. The van der Waals surface area contributed by atoms with Crippen LogP contribution >= 0.6 is 12.2 Å². The zero-order valence-corrected chi connectivity index (χ0v) is 12.0. The van der Waals surface area contributed by atoms with Gasteiger partial charge in [0.2, 0.25) is 0 Å². The van der Waals surface area contributed by atoms with Crippen LogP contribution in [0.25, 0.3) is 0 Å². The molecule has 1 atom stereocenters. The van der Waals surface area contributed by atoms with Gasteiger partial charge in [-0.15, -0.1) is 0 Å². The smallest absolute Gasteiger partial charge is 0.262 e. The molecule has 1 heterocycles. The summed E-state index contributed by atoms with van der Waals surface area (Å²) in [5, 5.41) is 0. The Morgan fingerprint density at radius 1 is 1.21 bits per heavy atom. The highest BCUT2D eigenvalue weighted by molar-refractivity contribution is 7.80. The molecule has 0 saturated carbocycles. The lowest BCUT2D eigenvalue weighted by molar-refractivity contribution is 0.0623. The normalized spacial score (nSPS) is 15.6. The van der Waals surface area contributed by atoms with Crippen LogP contribution in [0.15, 0.2) is 12.1 Å². The van der Waals surface area contributed by atoms with Crippen molar-refractivity contribution in [2.75, 3.05) is 0 Å². The molecule has 0 aliphatic carbocycles. The van der Waals surface area contributed by atoms with E-state index in [1.807, 2.05) is 32.9 Å². The summed E-state index contributed by atoms with van der Waals surface area (Å²) < 4.78 is 0. The van der Waals surface area contributed by atoms with Crippen LogP contribution in [0.4, 0.5) is 0 Å². The van der Waals surface area contributed by atoms with Gasteiger partial charge in [-0.25, -0.2) is 0 Å². The third-order valence-electron chi connectivity index (χ3n) is 3.51. The zero-order valence-electron chi connectivity index (χ0n) is 11.2. The summed E-state index contributed by atoms with van der Waals surface area (Å²) in [6, 6.07) is 3.19. The van der Waals surface area contributed by atoms with Gasteiger partial charge in [-0.1, -0.05) is 31.3 Å². The number of carbonyl (C=O) groups is 2. The first-order valence-electron chi connectivity index (χ1n) is 6.17. The number of nitrogens with two attached hydrogens (primary N) is 1. The number of nitrogens with zero attached hydrogens (tertiary/aromatic N) is 1. The Morgan fingerprint density at radius 2 is 1.63 bits per heavy atom. The van der Waals surface area contributed by atoms with Gasteiger partial charge in [-0.05, 0) is 31.4 Å². The lowest BCUT2D eigenvalue weighted by Crippen LogP contribution is -2.46. The molecule has 100 valence electrons. The van der Waals surface area contributed by atoms with Gasteiger partial charge in [0.1, 0.15) is 0 Å². The molecular weight excluding hydrogens is 260 g/mol. The molecule has 5 heteroatoms. The van der Waals surface area contributed by atoms with Crippen molar-refractivity contribution >= 4 is 29.0 Å². The van der Waals surface area contributed by atoms with Crippen molar-refractivity contribution in [3.05, 3.63) is 34.4 Å². The van der Waals surface area contributed by atoms with Crippen molar-refractivity contribution in [3.8, 4) is 0 Å². The van der Waals surface area contributed by atoms with Crippen LogP contribution in [0.2, 0.25) is 0 Å². The molecule has 4 nitrogen and oxygen atoms in total. The first-order chi connectivity index (χ1) is 8.90. The molecule has 2 amide bonds. The standard InChI is InChI=1S/C14H16N2O2S/c1-4-9(12(15)19)16-13(17)10-7(2)5-6-8(3)11(10)14(16)18/h5-6,9H,4H2,1-3H3,(H2,15,19). The van der Waals surface area contributed by atoms with Crippen LogP contribution in [0.1, 0.15) is 45.2 Å². The fourth-order valence-corrected chi connectivity index (χ4v) is 2.76. The fourth-order valence-electron chi connectivity index (χ4n) is 2.49. The largest absolute Gasteiger partial charge is 0.392 e. The van der Waals surface area contributed by atoms with E-state index in [0.29, 0.717) is 17.5 Å². The molecule has 2 rings (SSSR count). The molecule has 1 aromatic carbocycles. The molecule has 1 aliphatic heterocycles. The number of rotatable bonds is 3. The zero-order chi connectivity index (χ0) is 14.3. The Kier molecular flexibility index (Phi) is 3.41. The van der Waals surface area contributed by atoms with Gasteiger partial charge < -0.3 is 5.73 Å². The van der Waals surface area contributed by atoms with Crippen molar-refractivity contribution in [3.63, 3.8) is 0 Å². The van der Waals surface area contributed by atoms with Crippen LogP contribution in [0, 0.1) is 13.8 Å². The molecule has 19 heavy (non-hydrogen) atoms. The summed E-state index contributed by atoms with van der Waals surface area (Å²) in [5.41, 5.74) is 8.23. The first kappa shape index (κ1) is 13.7. The number of carbonyl (C=O) groups excluding carboxylic acids is 2. The molecular formula is C14H16N2O2S. The second kappa shape index (κ2) is 4.74. The first-order valence-corrected chi connectivity index (χ1v) is 6.58. The molecule has 2 N–H and O–H groups in total. The molecule has 1 aliphatic rings. The van der Waals surface area contributed by atoms with Gasteiger partial charge in [-0.2, -0.15) is 0 Å². The maximum Gasteiger partial charge on any atom is 0.262 e. The van der Waals surface area contributed by atoms with E-state index in [1.165, 1.54) is 4.90 Å². The van der Waals surface area contributed by atoms with E-state index in [-0.39, 0.29) is 16.8 Å². The monoisotopic (exact) mass is 276 g/mol. The molecule has 1 aromatic rings. The van der Waals surface area contributed by atoms with E-state index in [9.17, 15) is 9.59 Å².